The molecule has 1 saturated heterocycles. The Morgan fingerprint density at radius 3 is 2.77 bits per heavy atom. The molecule has 1 saturated carbocycles. The van der Waals surface area contributed by atoms with Crippen molar-refractivity contribution >= 4 is 5.91 Å². The molecule has 0 aromatic heterocycles. The third-order valence-corrected chi connectivity index (χ3v) is 5.04. The van der Waals surface area contributed by atoms with Crippen LogP contribution in [0.2, 0.25) is 0 Å². The maximum absolute atomic E-state index is 12.6. The highest BCUT2D eigenvalue weighted by Gasteiger charge is 2.46. The van der Waals surface area contributed by atoms with Gasteiger partial charge < -0.3 is 10.1 Å². The van der Waals surface area contributed by atoms with Crippen molar-refractivity contribution in [2.75, 3.05) is 13.2 Å². The maximum atomic E-state index is 12.6. The quantitative estimate of drug-likeness (QED) is 0.929. The molecule has 4 nitrogen and oxygen atoms in total. The first-order valence-electron chi connectivity index (χ1n) is 8.05. The lowest BCUT2D eigenvalue weighted by Crippen LogP contribution is -2.41. The lowest BCUT2D eigenvalue weighted by atomic mass is 9.86. The second-order valence-corrected chi connectivity index (χ2v) is 6.50. The number of nitrogens with one attached hydrogen (secondary N) is 1. The fourth-order valence-electron chi connectivity index (χ4n) is 3.28. The summed E-state index contributed by atoms with van der Waals surface area (Å²) < 4.78 is 5.38. The van der Waals surface area contributed by atoms with Gasteiger partial charge in [-0.05, 0) is 49.3 Å². The van der Waals surface area contributed by atoms with Gasteiger partial charge in [-0.15, -0.1) is 0 Å². The molecule has 1 aliphatic heterocycles. The molecule has 0 spiro atoms. The Bertz CT molecular complexity index is 595. The summed E-state index contributed by atoms with van der Waals surface area (Å²) in [5.74, 6) is 0.558. The van der Waals surface area contributed by atoms with Crippen molar-refractivity contribution in [1.82, 2.24) is 5.32 Å². The lowest BCUT2D eigenvalue weighted by molar-refractivity contribution is -0.128. The van der Waals surface area contributed by atoms with Crippen molar-refractivity contribution in [3.63, 3.8) is 0 Å². The summed E-state index contributed by atoms with van der Waals surface area (Å²) in [5.41, 5.74) is 1.46. The number of hydrogen-bond donors (Lipinski definition) is 1. The van der Waals surface area contributed by atoms with E-state index in [0.717, 1.165) is 44.5 Å². The summed E-state index contributed by atoms with van der Waals surface area (Å²) in [6.07, 6.45) is 3.83. The molecule has 1 aromatic carbocycles. The predicted molar refractivity (Wildman–Crippen MR) is 82.9 cm³/mol. The molecule has 2 aliphatic rings. The molecule has 2 fully saturated rings. The number of hydrogen-bond acceptors (Lipinski definition) is 3. The van der Waals surface area contributed by atoms with Crippen LogP contribution in [0.25, 0.3) is 0 Å². The van der Waals surface area contributed by atoms with E-state index in [0.29, 0.717) is 11.5 Å². The highest BCUT2D eigenvalue weighted by molar-refractivity contribution is 5.80. The summed E-state index contributed by atoms with van der Waals surface area (Å²) in [6, 6.07) is 9.76. The third kappa shape index (κ3) is 3.00. The highest BCUT2D eigenvalue weighted by atomic mass is 16.5. The van der Waals surface area contributed by atoms with Gasteiger partial charge in [0.2, 0.25) is 5.91 Å². The summed E-state index contributed by atoms with van der Waals surface area (Å²) >= 11 is 0. The van der Waals surface area contributed by atoms with Gasteiger partial charge in [-0.25, -0.2) is 0 Å². The number of carbonyl (C=O) groups excluding carboxylic acids is 1. The number of amides is 1. The fourth-order valence-corrected chi connectivity index (χ4v) is 3.28. The molecular formula is C18H22N2O2. The van der Waals surface area contributed by atoms with E-state index in [1.807, 2.05) is 25.1 Å². The van der Waals surface area contributed by atoms with Gasteiger partial charge in [0.25, 0.3) is 0 Å². The molecule has 1 atom stereocenters. The van der Waals surface area contributed by atoms with Crippen molar-refractivity contribution in [2.45, 2.75) is 38.1 Å². The summed E-state index contributed by atoms with van der Waals surface area (Å²) in [6.45, 7) is 3.54. The molecule has 0 unspecified atom stereocenters. The zero-order chi connectivity index (χ0) is 15.6. The Kier molecular flexibility index (Phi) is 4.17. The molecule has 116 valence electrons. The molecule has 0 radical (unpaired) electrons. The number of nitrogens with zero attached hydrogens (tertiary/aromatic N) is 1. The largest absolute Gasteiger partial charge is 0.381 e. The topological polar surface area (TPSA) is 62.1 Å². The van der Waals surface area contributed by atoms with Crippen LogP contribution in [0.5, 0.6) is 0 Å². The van der Waals surface area contributed by atoms with Crippen LogP contribution in [0.3, 0.4) is 0 Å². The van der Waals surface area contributed by atoms with Crippen LogP contribution in [-0.2, 0) is 15.1 Å². The smallest absolute Gasteiger partial charge is 0.223 e. The van der Waals surface area contributed by atoms with E-state index >= 15 is 0 Å². The Labute approximate surface area is 131 Å². The number of benzene rings is 1. The van der Waals surface area contributed by atoms with Gasteiger partial charge in [-0.2, -0.15) is 5.26 Å². The van der Waals surface area contributed by atoms with Gasteiger partial charge in [0, 0.05) is 19.1 Å². The van der Waals surface area contributed by atoms with Crippen molar-refractivity contribution in [3.05, 3.63) is 35.4 Å². The first kappa shape index (κ1) is 15.1. The van der Waals surface area contributed by atoms with Crippen LogP contribution in [0.4, 0.5) is 0 Å². The number of rotatable bonds is 4. The van der Waals surface area contributed by atoms with Crippen molar-refractivity contribution in [3.8, 4) is 6.07 Å². The number of carbonyl (C=O) groups is 1. The monoisotopic (exact) mass is 298 g/mol. The number of nitriles is 1. The Morgan fingerprint density at radius 2 is 2.14 bits per heavy atom. The van der Waals surface area contributed by atoms with E-state index in [-0.39, 0.29) is 17.4 Å². The minimum Gasteiger partial charge on any atom is -0.381 e. The van der Waals surface area contributed by atoms with Gasteiger partial charge >= 0.3 is 0 Å². The molecule has 1 N–H and O–H groups in total. The minimum absolute atomic E-state index is 0.0144. The van der Waals surface area contributed by atoms with Gasteiger partial charge in [-0.3, -0.25) is 4.79 Å². The molecule has 4 heteroatoms. The van der Waals surface area contributed by atoms with E-state index in [2.05, 4.69) is 11.4 Å². The first-order chi connectivity index (χ1) is 10.6. The SMILES string of the molecule is C[C@H](C(=O)NC1(c2cccc(C#N)c2)CC1)C1CCOCC1. The first-order valence-corrected chi connectivity index (χ1v) is 8.05. The second-order valence-electron chi connectivity index (χ2n) is 6.50. The van der Waals surface area contributed by atoms with Crippen LogP contribution in [-0.4, -0.2) is 19.1 Å². The van der Waals surface area contributed by atoms with Crippen molar-refractivity contribution in [1.29, 1.82) is 5.26 Å². The van der Waals surface area contributed by atoms with Gasteiger partial charge in [0.05, 0.1) is 17.2 Å². The summed E-state index contributed by atoms with van der Waals surface area (Å²) in [7, 11) is 0. The fraction of sp³-hybridized carbons (Fsp3) is 0.556. The predicted octanol–water partition coefficient (Wildman–Crippen LogP) is 2.73. The standard InChI is InChI=1S/C18H22N2O2/c1-13(15-5-9-22-10-6-15)17(21)20-18(7-8-18)16-4-2-3-14(11-16)12-19/h2-4,11,13,15H,5-10H2,1H3,(H,20,21)/t13-/m0/s1. The van der Waals surface area contributed by atoms with Crippen molar-refractivity contribution in [2.24, 2.45) is 11.8 Å². The summed E-state index contributed by atoms with van der Waals surface area (Å²) in [4.78, 5) is 12.6. The van der Waals surface area contributed by atoms with Crippen LogP contribution in [0.1, 0.15) is 43.7 Å². The Balaban J connectivity index is 1.68. The van der Waals surface area contributed by atoms with Crippen LogP contribution < -0.4 is 5.32 Å². The van der Waals surface area contributed by atoms with E-state index in [1.54, 1.807) is 6.07 Å². The van der Waals surface area contributed by atoms with E-state index in [1.165, 1.54) is 0 Å². The molecule has 1 heterocycles. The van der Waals surface area contributed by atoms with E-state index in [4.69, 9.17) is 10.00 Å². The molecular weight excluding hydrogens is 276 g/mol. The highest BCUT2D eigenvalue weighted by Crippen LogP contribution is 2.46. The second kappa shape index (κ2) is 6.10. The van der Waals surface area contributed by atoms with Gasteiger partial charge in [-0.1, -0.05) is 19.1 Å². The lowest BCUT2D eigenvalue weighted by Gasteiger charge is -2.29. The van der Waals surface area contributed by atoms with E-state index < -0.39 is 0 Å². The zero-order valence-electron chi connectivity index (χ0n) is 13.0. The van der Waals surface area contributed by atoms with Gasteiger partial charge in [0.1, 0.15) is 0 Å². The normalized spacial score (nSPS) is 21.6. The van der Waals surface area contributed by atoms with Crippen molar-refractivity contribution < 1.29 is 9.53 Å². The van der Waals surface area contributed by atoms with Gasteiger partial charge in [0.15, 0.2) is 0 Å². The average Bonchev–Trinajstić information content (AvgIpc) is 3.35. The molecule has 0 bridgehead atoms. The Morgan fingerprint density at radius 1 is 1.41 bits per heavy atom. The summed E-state index contributed by atoms with van der Waals surface area (Å²) in [5, 5.41) is 12.3. The molecule has 3 rings (SSSR count). The number of ether oxygens (including phenoxy) is 1. The van der Waals surface area contributed by atoms with Crippen LogP contribution >= 0.6 is 0 Å². The van der Waals surface area contributed by atoms with Crippen LogP contribution in [0, 0.1) is 23.2 Å². The molecule has 1 aromatic rings. The Hall–Kier alpha value is -1.86. The van der Waals surface area contributed by atoms with Crippen LogP contribution in [0.15, 0.2) is 24.3 Å². The zero-order valence-corrected chi connectivity index (χ0v) is 13.0. The van der Waals surface area contributed by atoms with E-state index in [9.17, 15) is 4.79 Å². The molecule has 1 aliphatic carbocycles. The molecule has 22 heavy (non-hydrogen) atoms. The molecule has 1 amide bonds. The maximum Gasteiger partial charge on any atom is 0.223 e. The average molecular weight is 298 g/mol. The third-order valence-electron chi connectivity index (χ3n) is 5.04. The minimum atomic E-state index is -0.247.